The first-order valence-corrected chi connectivity index (χ1v) is 11.9. The molecule has 1 aromatic heterocycles. The van der Waals surface area contributed by atoms with Gasteiger partial charge in [-0.3, -0.25) is 9.59 Å². The maximum Gasteiger partial charge on any atom is 0.253 e. The van der Waals surface area contributed by atoms with Gasteiger partial charge in [0.05, 0.1) is 5.92 Å². The second kappa shape index (κ2) is 9.63. The van der Waals surface area contributed by atoms with Gasteiger partial charge >= 0.3 is 0 Å². The van der Waals surface area contributed by atoms with Crippen molar-refractivity contribution in [3.8, 4) is 0 Å². The van der Waals surface area contributed by atoms with Crippen LogP contribution in [0.4, 0.5) is 11.5 Å². The number of rotatable bonds is 5. The predicted molar refractivity (Wildman–Crippen MR) is 132 cm³/mol. The van der Waals surface area contributed by atoms with Crippen LogP contribution in [0.25, 0.3) is 0 Å². The number of hydrogen-bond donors (Lipinski definition) is 1. The minimum atomic E-state index is -0.0444. The SMILES string of the molecule is Cc1ccc(C(=O)N2CCC(c3ccc(NC(=O)C4CN(c5cccnn5)C4)cc3)CC2)cc1. The molecule has 174 valence electrons. The average molecular weight is 456 g/mol. The summed E-state index contributed by atoms with van der Waals surface area (Å²) in [7, 11) is 0. The number of aromatic nitrogens is 2. The summed E-state index contributed by atoms with van der Waals surface area (Å²) >= 11 is 0. The van der Waals surface area contributed by atoms with E-state index in [9.17, 15) is 9.59 Å². The summed E-state index contributed by atoms with van der Waals surface area (Å²) in [5.41, 5.74) is 4.00. The molecule has 0 unspecified atom stereocenters. The Morgan fingerprint density at radius 1 is 0.941 bits per heavy atom. The number of nitrogens with one attached hydrogen (secondary N) is 1. The highest BCUT2D eigenvalue weighted by molar-refractivity contribution is 5.95. The third-order valence-electron chi connectivity index (χ3n) is 6.86. The predicted octanol–water partition coefficient (Wildman–Crippen LogP) is 3.88. The molecule has 2 fully saturated rings. The Morgan fingerprint density at radius 2 is 1.65 bits per heavy atom. The molecule has 0 aliphatic carbocycles. The standard InChI is InChI=1S/C27H29N5O2/c1-19-4-6-22(7-5-19)27(34)31-15-12-21(13-16-31)20-8-10-24(11-9-20)29-26(33)23-17-32(18-23)25-3-2-14-28-30-25/h2-11,14,21,23H,12-13,15-18H2,1H3,(H,29,33). The molecule has 0 radical (unpaired) electrons. The fourth-order valence-corrected chi connectivity index (χ4v) is 4.67. The van der Waals surface area contributed by atoms with E-state index in [1.54, 1.807) is 6.20 Å². The van der Waals surface area contributed by atoms with Crippen LogP contribution in [0.3, 0.4) is 0 Å². The Labute approximate surface area is 199 Å². The summed E-state index contributed by atoms with van der Waals surface area (Å²) in [4.78, 5) is 29.4. The number of likely N-dealkylation sites (tertiary alicyclic amines) is 1. The van der Waals surface area contributed by atoms with Crippen LogP contribution < -0.4 is 10.2 Å². The average Bonchev–Trinajstić information content (AvgIpc) is 2.84. The van der Waals surface area contributed by atoms with Gasteiger partial charge in [-0.15, -0.1) is 5.10 Å². The summed E-state index contributed by atoms with van der Waals surface area (Å²) in [6.07, 6.45) is 3.54. The number of hydrogen-bond acceptors (Lipinski definition) is 5. The lowest BCUT2D eigenvalue weighted by molar-refractivity contribution is -0.120. The molecule has 1 N–H and O–H groups in total. The minimum Gasteiger partial charge on any atom is -0.353 e. The van der Waals surface area contributed by atoms with E-state index in [-0.39, 0.29) is 17.7 Å². The van der Waals surface area contributed by atoms with Crippen molar-refractivity contribution in [1.82, 2.24) is 15.1 Å². The van der Waals surface area contributed by atoms with Gasteiger partial charge in [0.1, 0.15) is 0 Å². The zero-order chi connectivity index (χ0) is 23.5. The molecule has 3 aromatic rings. The Bertz CT molecular complexity index is 1130. The van der Waals surface area contributed by atoms with E-state index in [4.69, 9.17) is 0 Å². The molecule has 2 amide bonds. The summed E-state index contributed by atoms with van der Waals surface area (Å²) in [5, 5.41) is 11.0. The van der Waals surface area contributed by atoms with Crippen LogP contribution in [0.1, 0.15) is 40.2 Å². The molecule has 5 rings (SSSR count). The van der Waals surface area contributed by atoms with Crippen molar-refractivity contribution in [2.45, 2.75) is 25.7 Å². The van der Waals surface area contributed by atoms with E-state index in [0.717, 1.165) is 48.6 Å². The van der Waals surface area contributed by atoms with Crippen molar-refractivity contribution in [3.63, 3.8) is 0 Å². The van der Waals surface area contributed by atoms with Gasteiger partial charge in [0.25, 0.3) is 5.91 Å². The molecule has 0 atom stereocenters. The maximum absolute atomic E-state index is 12.8. The number of benzene rings is 2. The Morgan fingerprint density at radius 3 is 2.29 bits per heavy atom. The summed E-state index contributed by atoms with van der Waals surface area (Å²) < 4.78 is 0. The summed E-state index contributed by atoms with van der Waals surface area (Å²) in [6.45, 7) is 4.86. The molecule has 34 heavy (non-hydrogen) atoms. The lowest BCUT2D eigenvalue weighted by Gasteiger charge is -2.38. The van der Waals surface area contributed by atoms with Gasteiger partial charge in [-0.25, -0.2) is 0 Å². The van der Waals surface area contributed by atoms with Crippen molar-refractivity contribution < 1.29 is 9.59 Å². The van der Waals surface area contributed by atoms with Gasteiger partial charge in [-0.05, 0) is 67.6 Å². The smallest absolute Gasteiger partial charge is 0.253 e. The molecule has 0 bridgehead atoms. The van der Waals surface area contributed by atoms with Crippen molar-refractivity contribution in [1.29, 1.82) is 0 Å². The summed E-state index contributed by atoms with van der Waals surface area (Å²) in [5.74, 6) is 1.35. The monoisotopic (exact) mass is 455 g/mol. The van der Waals surface area contributed by atoms with Gasteiger partial charge in [-0.2, -0.15) is 5.10 Å². The normalized spacial score (nSPS) is 16.7. The third-order valence-corrected chi connectivity index (χ3v) is 6.86. The van der Waals surface area contributed by atoms with Gasteiger partial charge in [0, 0.05) is 43.6 Å². The fraction of sp³-hybridized carbons (Fsp3) is 0.333. The maximum atomic E-state index is 12.8. The first kappa shape index (κ1) is 22.1. The third kappa shape index (κ3) is 4.78. The highest BCUT2D eigenvalue weighted by Gasteiger charge is 2.33. The molecule has 2 saturated heterocycles. The van der Waals surface area contributed by atoms with Crippen LogP contribution in [0.15, 0.2) is 66.9 Å². The zero-order valence-corrected chi connectivity index (χ0v) is 19.4. The van der Waals surface area contributed by atoms with E-state index in [1.807, 2.05) is 60.4 Å². The minimum absolute atomic E-state index is 0.0378. The Hall–Kier alpha value is -3.74. The van der Waals surface area contributed by atoms with Gasteiger partial charge in [0.2, 0.25) is 5.91 Å². The van der Waals surface area contributed by atoms with E-state index < -0.39 is 0 Å². The van der Waals surface area contributed by atoms with Crippen molar-refractivity contribution in [3.05, 3.63) is 83.6 Å². The molecule has 0 spiro atoms. The number of nitrogens with zero attached hydrogens (tertiary/aromatic N) is 4. The summed E-state index contributed by atoms with van der Waals surface area (Å²) in [6, 6.07) is 19.7. The molecule has 7 nitrogen and oxygen atoms in total. The molecule has 7 heteroatoms. The van der Waals surface area contributed by atoms with Crippen molar-refractivity contribution in [2.75, 3.05) is 36.4 Å². The second-order valence-corrected chi connectivity index (χ2v) is 9.23. The highest BCUT2D eigenvalue weighted by atomic mass is 16.2. The van der Waals surface area contributed by atoms with E-state index in [2.05, 4.69) is 32.5 Å². The number of carbonyl (C=O) groups excluding carboxylic acids is 2. The van der Waals surface area contributed by atoms with Crippen LogP contribution in [-0.4, -0.2) is 53.1 Å². The van der Waals surface area contributed by atoms with Crippen LogP contribution in [0.2, 0.25) is 0 Å². The lowest BCUT2D eigenvalue weighted by Crippen LogP contribution is -2.52. The number of amides is 2. The molecule has 2 aliphatic heterocycles. The van der Waals surface area contributed by atoms with Crippen molar-refractivity contribution >= 4 is 23.3 Å². The van der Waals surface area contributed by atoms with Crippen LogP contribution >= 0.6 is 0 Å². The van der Waals surface area contributed by atoms with Gasteiger partial charge in [0.15, 0.2) is 5.82 Å². The van der Waals surface area contributed by atoms with Gasteiger partial charge in [-0.1, -0.05) is 29.8 Å². The number of carbonyl (C=O) groups is 2. The lowest BCUT2D eigenvalue weighted by atomic mass is 9.89. The molecule has 0 saturated carbocycles. The van der Waals surface area contributed by atoms with E-state index >= 15 is 0 Å². The quantitative estimate of drug-likeness (QED) is 0.632. The fourth-order valence-electron chi connectivity index (χ4n) is 4.67. The van der Waals surface area contributed by atoms with Crippen molar-refractivity contribution in [2.24, 2.45) is 5.92 Å². The van der Waals surface area contributed by atoms with Crippen LogP contribution in [-0.2, 0) is 4.79 Å². The Kier molecular flexibility index (Phi) is 6.25. The number of aryl methyl sites for hydroxylation is 1. The number of piperidine rings is 1. The first-order chi connectivity index (χ1) is 16.6. The van der Waals surface area contributed by atoms with E-state index in [1.165, 1.54) is 5.56 Å². The van der Waals surface area contributed by atoms with Crippen LogP contribution in [0, 0.1) is 12.8 Å². The molecule has 3 heterocycles. The molecule has 2 aromatic carbocycles. The first-order valence-electron chi connectivity index (χ1n) is 11.9. The second-order valence-electron chi connectivity index (χ2n) is 9.23. The number of anilines is 2. The molecular weight excluding hydrogens is 426 g/mol. The van der Waals surface area contributed by atoms with Crippen LogP contribution in [0.5, 0.6) is 0 Å². The molecular formula is C27H29N5O2. The highest BCUT2D eigenvalue weighted by Crippen LogP contribution is 2.30. The topological polar surface area (TPSA) is 78.4 Å². The molecule has 2 aliphatic rings. The van der Waals surface area contributed by atoms with E-state index in [0.29, 0.717) is 19.0 Å². The largest absolute Gasteiger partial charge is 0.353 e. The zero-order valence-electron chi connectivity index (χ0n) is 19.4. The van der Waals surface area contributed by atoms with Gasteiger partial charge < -0.3 is 15.1 Å². The Balaban J connectivity index is 1.10.